The summed E-state index contributed by atoms with van der Waals surface area (Å²) < 4.78 is 1.02. The van der Waals surface area contributed by atoms with Gasteiger partial charge in [0.15, 0.2) is 0 Å². The standard InChI is InChI=1S/C12H11BrN2O2S/c1-7(4-11(16)17)12-14-3-2-9(15-12)10-5-8(13)6-18-10/h2-3,5-7H,4H2,1H3,(H,16,17). The quantitative estimate of drug-likeness (QED) is 0.933. The second-order valence-corrected chi connectivity index (χ2v) is 5.76. The average molecular weight is 327 g/mol. The molecular weight excluding hydrogens is 316 g/mol. The molecule has 1 unspecified atom stereocenters. The molecule has 18 heavy (non-hydrogen) atoms. The van der Waals surface area contributed by atoms with E-state index in [9.17, 15) is 4.79 Å². The molecule has 2 heterocycles. The number of aromatic nitrogens is 2. The Balaban J connectivity index is 2.27. The van der Waals surface area contributed by atoms with Gasteiger partial charge in [0.25, 0.3) is 0 Å². The summed E-state index contributed by atoms with van der Waals surface area (Å²) in [6.45, 7) is 1.82. The Labute approximate surface area is 117 Å². The topological polar surface area (TPSA) is 63.1 Å². The van der Waals surface area contributed by atoms with Gasteiger partial charge in [0.2, 0.25) is 0 Å². The average Bonchev–Trinajstić information content (AvgIpc) is 2.75. The third kappa shape index (κ3) is 3.14. The molecule has 0 saturated carbocycles. The number of hydrogen-bond donors (Lipinski definition) is 1. The highest BCUT2D eigenvalue weighted by atomic mass is 79.9. The third-order valence-corrected chi connectivity index (χ3v) is 4.13. The first-order valence-electron chi connectivity index (χ1n) is 5.35. The highest BCUT2D eigenvalue weighted by Gasteiger charge is 2.14. The molecule has 6 heteroatoms. The lowest BCUT2D eigenvalue weighted by Crippen LogP contribution is -2.06. The number of halogens is 1. The van der Waals surface area contributed by atoms with Crippen LogP contribution in [0.2, 0.25) is 0 Å². The van der Waals surface area contributed by atoms with Gasteiger partial charge in [-0.1, -0.05) is 6.92 Å². The van der Waals surface area contributed by atoms with Crippen molar-refractivity contribution in [2.75, 3.05) is 0 Å². The number of thiophene rings is 1. The van der Waals surface area contributed by atoms with Gasteiger partial charge in [0.05, 0.1) is 17.0 Å². The molecule has 2 aromatic heterocycles. The fourth-order valence-corrected chi connectivity index (χ4v) is 2.95. The van der Waals surface area contributed by atoms with Crippen molar-refractivity contribution in [1.82, 2.24) is 9.97 Å². The number of aliphatic carboxylic acids is 1. The summed E-state index contributed by atoms with van der Waals surface area (Å²) in [5.74, 6) is -0.458. The first-order chi connectivity index (χ1) is 8.56. The molecular formula is C12H11BrN2O2S. The predicted octanol–water partition coefficient (Wildman–Crippen LogP) is 3.55. The van der Waals surface area contributed by atoms with Crippen LogP contribution >= 0.6 is 27.3 Å². The van der Waals surface area contributed by atoms with Gasteiger partial charge in [-0.25, -0.2) is 9.97 Å². The zero-order valence-electron chi connectivity index (χ0n) is 9.63. The van der Waals surface area contributed by atoms with Gasteiger partial charge < -0.3 is 5.11 Å². The molecule has 1 N–H and O–H groups in total. The SMILES string of the molecule is CC(CC(=O)O)c1nccc(-c2cc(Br)cs2)n1. The van der Waals surface area contributed by atoms with Crippen molar-refractivity contribution in [3.63, 3.8) is 0 Å². The lowest BCUT2D eigenvalue weighted by atomic mass is 10.1. The second kappa shape index (κ2) is 5.58. The maximum absolute atomic E-state index is 10.7. The zero-order valence-corrected chi connectivity index (χ0v) is 12.0. The zero-order chi connectivity index (χ0) is 13.1. The minimum absolute atomic E-state index is 0.0393. The molecule has 0 aliphatic rings. The van der Waals surface area contributed by atoms with Crippen molar-refractivity contribution < 1.29 is 9.90 Å². The number of carboxylic acids is 1. The van der Waals surface area contributed by atoms with Crippen LogP contribution in [-0.4, -0.2) is 21.0 Å². The normalized spacial score (nSPS) is 12.3. The van der Waals surface area contributed by atoms with E-state index in [0.717, 1.165) is 15.0 Å². The van der Waals surface area contributed by atoms with Crippen molar-refractivity contribution in [1.29, 1.82) is 0 Å². The maximum atomic E-state index is 10.7. The maximum Gasteiger partial charge on any atom is 0.304 e. The smallest absolute Gasteiger partial charge is 0.304 e. The first-order valence-corrected chi connectivity index (χ1v) is 7.02. The Kier molecular flexibility index (Phi) is 4.08. The van der Waals surface area contributed by atoms with Crippen molar-refractivity contribution in [3.8, 4) is 10.6 Å². The van der Waals surface area contributed by atoms with E-state index >= 15 is 0 Å². The van der Waals surface area contributed by atoms with E-state index in [0.29, 0.717) is 5.82 Å². The van der Waals surface area contributed by atoms with Gasteiger partial charge in [-0.2, -0.15) is 0 Å². The van der Waals surface area contributed by atoms with Crippen LogP contribution in [0.5, 0.6) is 0 Å². The highest BCUT2D eigenvalue weighted by Crippen LogP contribution is 2.29. The van der Waals surface area contributed by atoms with Crippen LogP contribution in [-0.2, 0) is 4.79 Å². The van der Waals surface area contributed by atoms with Crippen LogP contribution in [0.1, 0.15) is 25.1 Å². The van der Waals surface area contributed by atoms with Crippen LogP contribution in [0.4, 0.5) is 0 Å². The summed E-state index contributed by atoms with van der Waals surface area (Å²) in [5.41, 5.74) is 0.827. The van der Waals surface area contributed by atoms with Crippen LogP contribution < -0.4 is 0 Å². The minimum atomic E-state index is -0.838. The molecule has 0 spiro atoms. The van der Waals surface area contributed by atoms with Gasteiger partial charge in [0, 0.05) is 22.0 Å². The number of carboxylic acid groups (broad SMARTS) is 1. The fraction of sp³-hybridized carbons (Fsp3) is 0.250. The van der Waals surface area contributed by atoms with Gasteiger partial charge in [-0.3, -0.25) is 4.79 Å². The lowest BCUT2D eigenvalue weighted by molar-refractivity contribution is -0.137. The van der Waals surface area contributed by atoms with Gasteiger partial charge in [-0.05, 0) is 28.1 Å². The molecule has 4 nitrogen and oxygen atoms in total. The fourth-order valence-electron chi connectivity index (χ4n) is 1.55. The Morgan fingerprint density at radius 2 is 2.39 bits per heavy atom. The van der Waals surface area contributed by atoms with Gasteiger partial charge in [0.1, 0.15) is 5.82 Å². The molecule has 0 saturated heterocycles. The Bertz CT molecular complexity index is 571. The van der Waals surface area contributed by atoms with E-state index in [4.69, 9.17) is 5.11 Å². The van der Waals surface area contributed by atoms with E-state index < -0.39 is 5.97 Å². The Morgan fingerprint density at radius 3 is 3.00 bits per heavy atom. The molecule has 0 aliphatic heterocycles. The molecule has 0 radical (unpaired) electrons. The molecule has 94 valence electrons. The molecule has 2 rings (SSSR count). The van der Waals surface area contributed by atoms with Crippen molar-refractivity contribution >= 4 is 33.2 Å². The lowest BCUT2D eigenvalue weighted by Gasteiger charge is -2.07. The van der Waals surface area contributed by atoms with E-state index in [1.165, 1.54) is 0 Å². The number of carbonyl (C=O) groups is 1. The van der Waals surface area contributed by atoms with E-state index in [1.54, 1.807) is 17.5 Å². The predicted molar refractivity (Wildman–Crippen MR) is 73.7 cm³/mol. The van der Waals surface area contributed by atoms with Crippen LogP contribution in [0.15, 0.2) is 28.2 Å². The van der Waals surface area contributed by atoms with Gasteiger partial charge >= 0.3 is 5.97 Å². The van der Waals surface area contributed by atoms with Crippen LogP contribution in [0, 0.1) is 0 Å². The summed E-state index contributed by atoms with van der Waals surface area (Å²) in [6, 6.07) is 3.81. The molecule has 0 bridgehead atoms. The molecule has 0 aliphatic carbocycles. The largest absolute Gasteiger partial charge is 0.481 e. The monoisotopic (exact) mass is 326 g/mol. The van der Waals surface area contributed by atoms with Crippen molar-refractivity contribution in [2.24, 2.45) is 0 Å². The van der Waals surface area contributed by atoms with E-state index in [1.807, 2.05) is 24.4 Å². The Morgan fingerprint density at radius 1 is 1.61 bits per heavy atom. The molecule has 0 fully saturated rings. The number of hydrogen-bond acceptors (Lipinski definition) is 4. The van der Waals surface area contributed by atoms with Gasteiger partial charge in [-0.15, -0.1) is 11.3 Å². The minimum Gasteiger partial charge on any atom is -0.481 e. The van der Waals surface area contributed by atoms with Crippen LogP contribution in [0.3, 0.4) is 0 Å². The summed E-state index contributed by atoms with van der Waals surface area (Å²) >= 11 is 4.98. The molecule has 1 atom stereocenters. The van der Waals surface area contributed by atoms with Crippen LogP contribution in [0.25, 0.3) is 10.6 Å². The second-order valence-electron chi connectivity index (χ2n) is 3.93. The third-order valence-electron chi connectivity index (χ3n) is 2.42. The summed E-state index contributed by atoms with van der Waals surface area (Å²) in [5, 5.41) is 10.8. The summed E-state index contributed by atoms with van der Waals surface area (Å²) in [6.07, 6.45) is 1.71. The Hall–Kier alpha value is -1.27. The number of nitrogens with zero attached hydrogens (tertiary/aromatic N) is 2. The van der Waals surface area contributed by atoms with Crippen molar-refractivity contribution in [3.05, 3.63) is 34.0 Å². The first kappa shape index (κ1) is 13.2. The molecule has 0 aromatic carbocycles. The molecule has 2 aromatic rings. The van der Waals surface area contributed by atoms with Crippen molar-refractivity contribution in [2.45, 2.75) is 19.3 Å². The summed E-state index contributed by atoms with van der Waals surface area (Å²) in [7, 11) is 0. The van der Waals surface area contributed by atoms with E-state index in [2.05, 4.69) is 25.9 Å². The number of rotatable bonds is 4. The summed E-state index contributed by atoms with van der Waals surface area (Å²) in [4.78, 5) is 20.3. The molecule has 0 amide bonds. The van der Waals surface area contributed by atoms with E-state index in [-0.39, 0.29) is 12.3 Å². The highest BCUT2D eigenvalue weighted by molar-refractivity contribution is 9.10.